The second kappa shape index (κ2) is 11.0. The summed E-state index contributed by atoms with van der Waals surface area (Å²) in [4.78, 5) is 40.2. The molecule has 10 nitrogen and oxygen atoms in total. The maximum absolute atomic E-state index is 13.1. The van der Waals surface area contributed by atoms with Gasteiger partial charge in [-0.1, -0.05) is 12.1 Å². The van der Waals surface area contributed by atoms with Crippen LogP contribution in [0.5, 0.6) is 0 Å². The van der Waals surface area contributed by atoms with Gasteiger partial charge in [-0.05, 0) is 37.1 Å². The summed E-state index contributed by atoms with van der Waals surface area (Å²) in [7, 11) is -2.72. The molecular weight excluding hydrogens is 448 g/mol. The first kappa shape index (κ1) is 24.3. The van der Waals surface area contributed by atoms with Gasteiger partial charge >= 0.3 is 5.97 Å². The topological polar surface area (TPSA) is 135 Å². The zero-order chi connectivity index (χ0) is 23.8. The SMILES string of the molecule is COC(=O)c1ccccc1S(=O)(=O)N1CCC(C(=O)NCCC(=O)Nc2cccnc2)CC1. The number of benzene rings is 1. The second-order valence-corrected chi connectivity index (χ2v) is 9.40. The molecule has 0 bridgehead atoms. The Morgan fingerprint density at radius 1 is 1.12 bits per heavy atom. The number of carbonyl (C=O) groups is 3. The number of methoxy groups -OCH3 is 1. The lowest BCUT2D eigenvalue weighted by Gasteiger charge is -2.30. The number of nitrogens with zero attached hydrogens (tertiary/aromatic N) is 2. The molecule has 1 aliphatic rings. The molecule has 1 saturated heterocycles. The molecule has 1 aliphatic heterocycles. The zero-order valence-electron chi connectivity index (χ0n) is 18.2. The van der Waals surface area contributed by atoms with E-state index in [1.54, 1.807) is 30.5 Å². The molecule has 33 heavy (non-hydrogen) atoms. The van der Waals surface area contributed by atoms with Gasteiger partial charge < -0.3 is 15.4 Å². The summed E-state index contributed by atoms with van der Waals surface area (Å²) in [5.41, 5.74) is 0.556. The summed E-state index contributed by atoms with van der Waals surface area (Å²) in [5, 5.41) is 5.43. The van der Waals surface area contributed by atoms with E-state index in [9.17, 15) is 22.8 Å². The fraction of sp³-hybridized carbons (Fsp3) is 0.364. The van der Waals surface area contributed by atoms with Crippen molar-refractivity contribution in [1.29, 1.82) is 0 Å². The predicted molar refractivity (Wildman–Crippen MR) is 120 cm³/mol. The van der Waals surface area contributed by atoms with E-state index in [1.807, 2.05) is 0 Å². The first-order valence-electron chi connectivity index (χ1n) is 10.5. The molecule has 11 heteroatoms. The van der Waals surface area contributed by atoms with E-state index < -0.39 is 16.0 Å². The summed E-state index contributed by atoms with van der Waals surface area (Å²) in [6, 6.07) is 9.32. The Balaban J connectivity index is 1.50. The van der Waals surface area contributed by atoms with E-state index in [0.717, 1.165) is 0 Å². The minimum Gasteiger partial charge on any atom is -0.465 e. The van der Waals surface area contributed by atoms with Gasteiger partial charge in [0, 0.05) is 38.2 Å². The molecule has 0 radical (unpaired) electrons. The Bertz CT molecular complexity index is 1100. The molecule has 0 aliphatic carbocycles. The van der Waals surface area contributed by atoms with E-state index in [-0.39, 0.29) is 54.2 Å². The quantitative estimate of drug-likeness (QED) is 0.553. The van der Waals surface area contributed by atoms with E-state index in [0.29, 0.717) is 18.5 Å². The number of nitrogens with one attached hydrogen (secondary N) is 2. The molecule has 1 aromatic carbocycles. The summed E-state index contributed by atoms with van der Waals surface area (Å²) >= 11 is 0. The average molecular weight is 475 g/mol. The van der Waals surface area contributed by atoms with Crippen molar-refractivity contribution < 1.29 is 27.5 Å². The number of hydrogen-bond donors (Lipinski definition) is 2. The van der Waals surface area contributed by atoms with E-state index in [2.05, 4.69) is 20.4 Å². The van der Waals surface area contributed by atoms with Crippen LogP contribution in [-0.2, 0) is 24.3 Å². The molecule has 0 atom stereocenters. The summed E-state index contributed by atoms with van der Waals surface area (Å²) in [5.74, 6) is -1.53. The van der Waals surface area contributed by atoms with Crippen molar-refractivity contribution in [3.63, 3.8) is 0 Å². The zero-order valence-corrected chi connectivity index (χ0v) is 19.0. The third kappa shape index (κ3) is 6.14. The molecule has 0 spiro atoms. The number of aromatic nitrogens is 1. The van der Waals surface area contributed by atoms with Crippen LogP contribution in [0, 0.1) is 5.92 Å². The Morgan fingerprint density at radius 2 is 1.85 bits per heavy atom. The molecule has 1 fully saturated rings. The van der Waals surface area contributed by atoms with Gasteiger partial charge in [0.15, 0.2) is 0 Å². The fourth-order valence-electron chi connectivity index (χ4n) is 3.57. The molecule has 2 heterocycles. The highest BCUT2D eigenvalue weighted by Crippen LogP contribution is 2.26. The number of esters is 1. The van der Waals surface area contributed by atoms with Crippen LogP contribution in [0.25, 0.3) is 0 Å². The average Bonchev–Trinajstić information content (AvgIpc) is 2.84. The smallest absolute Gasteiger partial charge is 0.339 e. The van der Waals surface area contributed by atoms with E-state index in [1.165, 1.54) is 29.7 Å². The van der Waals surface area contributed by atoms with E-state index >= 15 is 0 Å². The van der Waals surface area contributed by atoms with Crippen LogP contribution in [0.15, 0.2) is 53.7 Å². The van der Waals surface area contributed by atoms with Gasteiger partial charge in [0.05, 0.1) is 29.5 Å². The van der Waals surface area contributed by atoms with Crippen molar-refractivity contribution in [3.05, 3.63) is 54.4 Å². The van der Waals surface area contributed by atoms with Gasteiger partial charge in [0.25, 0.3) is 0 Å². The highest BCUT2D eigenvalue weighted by molar-refractivity contribution is 7.89. The van der Waals surface area contributed by atoms with Gasteiger partial charge in [0.1, 0.15) is 0 Å². The lowest BCUT2D eigenvalue weighted by molar-refractivity contribution is -0.126. The van der Waals surface area contributed by atoms with Gasteiger partial charge in [-0.15, -0.1) is 0 Å². The maximum atomic E-state index is 13.1. The predicted octanol–water partition coefficient (Wildman–Crippen LogP) is 1.41. The van der Waals surface area contributed by atoms with Gasteiger partial charge in [-0.3, -0.25) is 14.6 Å². The number of ether oxygens (including phenoxy) is 1. The highest BCUT2D eigenvalue weighted by Gasteiger charge is 2.34. The van der Waals surface area contributed by atoms with Crippen LogP contribution < -0.4 is 10.6 Å². The van der Waals surface area contributed by atoms with Crippen LogP contribution in [0.4, 0.5) is 5.69 Å². The van der Waals surface area contributed by atoms with Crippen molar-refractivity contribution >= 4 is 33.5 Å². The number of pyridine rings is 1. The van der Waals surface area contributed by atoms with Crippen LogP contribution in [0.3, 0.4) is 0 Å². The number of amides is 2. The lowest BCUT2D eigenvalue weighted by Crippen LogP contribution is -2.43. The van der Waals surface area contributed by atoms with Gasteiger partial charge in [0.2, 0.25) is 21.8 Å². The summed E-state index contributed by atoms with van der Waals surface area (Å²) in [6.45, 7) is 0.477. The van der Waals surface area contributed by atoms with Crippen LogP contribution in [-0.4, -0.2) is 62.2 Å². The molecule has 1 aromatic heterocycles. The first-order valence-corrected chi connectivity index (χ1v) is 11.9. The second-order valence-electron chi connectivity index (χ2n) is 7.50. The Labute approximate surface area is 192 Å². The highest BCUT2D eigenvalue weighted by atomic mass is 32.2. The third-order valence-corrected chi connectivity index (χ3v) is 7.29. The molecular formula is C22H26N4O6S. The monoisotopic (exact) mass is 474 g/mol. The Morgan fingerprint density at radius 3 is 2.52 bits per heavy atom. The number of piperidine rings is 1. The number of rotatable bonds is 8. The minimum absolute atomic E-state index is 0.0237. The Kier molecular flexibility index (Phi) is 8.12. The van der Waals surface area contributed by atoms with Crippen molar-refractivity contribution in [2.45, 2.75) is 24.2 Å². The molecule has 0 saturated carbocycles. The van der Waals surface area contributed by atoms with Crippen LogP contribution in [0.1, 0.15) is 29.6 Å². The minimum atomic E-state index is -3.91. The van der Waals surface area contributed by atoms with Crippen molar-refractivity contribution in [2.75, 3.05) is 32.1 Å². The molecule has 176 valence electrons. The van der Waals surface area contributed by atoms with Crippen LogP contribution in [0.2, 0.25) is 0 Å². The maximum Gasteiger partial charge on any atom is 0.339 e. The summed E-state index contributed by atoms with van der Waals surface area (Å²) in [6.07, 6.45) is 3.92. The normalized spacial score (nSPS) is 14.9. The third-order valence-electron chi connectivity index (χ3n) is 5.33. The standard InChI is InChI=1S/C22H26N4O6S/c1-32-22(29)18-6-2-3-7-19(18)33(30,31)26-13-9-16(10-14-26)21(28)24-12-8-20(27)25-17-5-4-11-23-15-17/h2-7,11,15-16H,8-10,12-14H2,1H3,(H,24,28)(H,25,27). The number of anilines is 1. The van der Waals surface area contributed by atoms with Gasteiger partial charge in [-0.25, -0.2) is 13.2 Å². The first-order chi connectivity index (χ1) is 15.8. The molecule has 2 aromatic rings. The number of carbonyl (C=O) groups excluding carboxylic acids is 3. The van der Waals surface area contributed by atoms with Crippen molar-refractivity contribution in [1.82, 2.24) is 14.6 Å². The van der Waals surface area contributed by atoms with E-state index in [4.69, 9.17) is 0 Å². The molecule has 2 amide bonds. The van der Waals surface area contributed by atoms with Crippen LogP contribution >= 0.6 is 0 Å². The molecule has 0 unspecified atom stereocenters. The summed E-state index contributed by atoms with van der Waals surface area (Å²) < 4.78 is 32.1. The van der Waals surface area contributed by atoms with Crippen molar-refractivity contribution in [2.24, 2.45) is 5.92 Å². The van der Waals surface area contributed by atoms with Gasteiger partial charge in [-0.2, -0.15) is 4.31 Å². The molecule has 3 rings (SSSR count). The molecule has 2 N–H and O–H groups in total. The fourth-order valence-corrected chi connectivity index (χ4v) is 5.22. The Hall–Kier alpha value is -3.31. The lowest BCUT2D eigenvalue weighted by atomic mass is 9.97. The largest absolute Gasteiger partial charge is 0.465 e. The number of sulfonamides is 1. The van der Waals surface area contributed by atoms with Crippen molar-refractivity contribution in [3.8, 4) is 0 Å². The number of hydrogen-bond acceptors (Lipinski definition) is 7.